The summed E-state index contributed by atoms with van der Waals surface area (Å²) in [6.45, 7) is 5.85. The van der Waals surface area contributed by atoms with E-state index in [0.717, 1.165) is 43.9 Å². The second-order valence-electron chi connectivity index (χ2n) is 6.14. The van der Waals surface area contributed by atoms with Crippen molar-refractivity contribution in [1.29, 1.82) is 0 Å². The van der Waals surface area contributed by atoms with Crippen molar-refractivity contribution in [3.05, 3.63) is 42.0 Å². The molecule has 7 nitrogen and oxygen atoms in total. The van der Waals surface area contributed by atoms with Crippen LogP contribution in [0.2, 0.25) is 0 Å². The van der Waals surface area contributed by atoms with Gasteiger partial charge >= 0.3 is 6.03 Å². The van der Waals surface area contributed by atoms with Crippen LogP contribution in [0.1, 0.15) is 11.1 Å². The summed E-state index contributed by atoms with van der Waals surface area (Å²) in [5.41, 5.74) is 3.52. The molecule has 0 spiro atoms. The number of carbonyl (C=O) groups excluding carboxylic acids is 1. The van der Waals surface area contributed by atoms with Crippen molar-refractivity contribution < 1.29 is 4.79 Å². The highest BCUT2D eigenvalue weighted by atomic mass is 16.2. The Balaban J connectivity index is 1.44. The zero-order valence-corrected chi connectivity index (χ0v) is 14.3. The van der Waals surface area contributed by atoms with E-state index in [4.69, 9.17) is 0 Å². The van der Waals surface area contributed by atoms with E-state index in [1.54, 1.807) is 4.68 Å². The van der Waals surface area contributed by atoms with Gasteiger partial charge in [0, 0.05) is 52.2 Å². The predicted octanol–water partition coefficient (Wildman–Crippen LogP) is 1.20. The molecule has 0 aliphatic carbocycles. The summed E-state index contributed by atoms with van der Waals surface area (Å²) in [5.74, 6) is 0. The number of nitrogens with zero attached hydrogens (tertiary/aromatic N) is 5. The molecule has 0 unspecified atom stereocenters. The van der Waals surface area contributed by atoms with E-state index in [1.165, 1.54) is 5.56 Å². The summed E-state index contributed by atoms with van der Waals surface area (Å²) in [6.07, 6.45) is 8.32. The molecule has 0 bridgehead atoms. The number of aromatic nitrogens is 3. The van der Waals surface area contributed by atoms with Gasteiger partial charge in [-0.05, 0) is 30.5 Å². The summed E-state index contributed by atoms with van der Waals surface area (Å²) in [6, 6.07) is 2.04. The molecule has 1 saturated heterocycles. The molecule has 1 aliphatic heterocycles. The highest BCUT2D eigenvalue weighted by Gasteiger charge is 2.21. The van der Waals surface area contributed by atoms with Gasteiger partial charge in [0.15, 0.2) is 0 Å². The maximum absolute atomic E-state index is 12.3. The van der Waals surface area contributed by atoms with Crippen molar-refractivity contribution in [3.8, 4) is 0 Å². The van der Waals surface area contributed by atoms with Crippen molar-refractivity contribution in [1.82, 2.24) is 25.0 Å². The first-order chi connectivity index (χ1) is 11.6. The van der Waals surface area contributed by atoms with Crippen LogP contribution >= 0.6 is 0 Å². The Kier molecular flexibility index (Phi) is 4.98. The molecule has 24 heavy (non-hydrogen) atoms. The molecule has 3 rings (SSSR count). The van der Waals surface area contributed by atoms with E-state index >= 15 is 0 Å². The molecule has 0 atom stereocenters. The first kappa shape index (κ1) is 16.3. The third kappa shape index (κ3) is 3.84. The quantitative estimate of drug-likeness (QED) is 0.916. The van der Waals surface area contributed by atoms with E-state index in [2.05, 4.69) is 27.2 Å². The molecular weight excluding hydrogens is 304 g/mol. The SMILES string of the molecule is Cc1ccncc1N1CCN(C(=O)NCCc2cnn(C)c2)CC1. The minimum Gasteiger partial charge on any atom is -0.367 e. The van der Waals surface area contributed by atoms with Crippen LogP contribution in [0.4, 0.5) is 10.5 Å². The van der Waals surface area contributed by atoms with Gasteiger partial charge in [-0.25, -0.2) is 4.79 Å². The normalized spacial score (nSPS) is 14.8. The molecule has 1 aliphatic rings. The number of aryl methyl sites for hydroxylation is 2. The highest BCUT2D eigenvalue weighted by Crippen LogP contribution is 2.19. The van der Waals surface area contributed by atoms with E-state index < -0.39 is 0 Å². The van der Waals surface area contributed by atoms with Crippen molar-refractivity contribution >= 4 is 11.7 Å². The number of hydrogen-bond acceptors (Lipinski definition) is 4. The lowest BCUT2D eigenvalue weighted by Crippen LogP contribution is -2.52. The fraction of sp³-hybridized carbons (Fsp3) is 0.471. The standard InChI is InChI=1S/C17H24N6O/c1-14-3-5-18-12-16(14)22-7-9-23(10-8-22)17(24)19-6-4-15-11-20-21(2)13-15/h3,5,11-13H,4,6-10H2,1-2H3,(H,19,24). The average molecular weight is 328 g/mol. The molecule has 1 N–H and O–H groups in total. The zero-order valence-electron chi connectivity index (χ0n) is 14.3. The van der Waals surface area contributed by atoms with E-state index in [9.17, 15) is 4.79 Å². The Morgan fingerprint density at radius 3 is 2.71 bits per heavy atom. The van der Waals surface area contributed by atoms with Crippen molar-refractivity contribution in [2.45, 2.75) is 13.3 Å². The van der Waals surface area contributed by atoms with Crippen LogP contribution in [-0.2, 0) is 13.5 Å². The number of anilines is 1. The molecule has 2 amide bonds. The van der Waals surface area contributed by atoms with Gasteiger partial charge in [0.2, 0.25) is 0 Å². The lowest BCUT2D eigenvalue weighted by atomic mass is 10.2. The molecule has 2 aromatic heterocycles. The van der Waals surface area contributed by atoms with Crippen LogP contribution in [-0.4, -0.2) is 58.4 Å². The highest BCUT2D eigenvalue weighted by molar-refractivity contribution is 5.74. The Bertz CT molecular complexity index is 690. The Morgan fingerprint density at radius 2 is 2.04 bits per heavy atom. The molecule has 0 aromatic carbocycles. The first-order valence-electron chi connectivity index (χ1n) is 8.29. The zero-order chi connectivity index (χ0) is 16.9. The maximum atomic E-state index is 12.3. The molecule has 128 valence electrons. The minimum absolute atomic E-state index is 0.0152. The van der Waals surface area contributed by atoms with Gasteiger partial charge in [0.05, 0.1) is 18.1 Å². The molecule has 0 radical (unpaired) electrons. The summed E-state index contributed by atoms with van der Waals surface area (Å²) in [5, 5.41) is 7.13. The number of urea groups is 1. The van der Waals surface area contributed by atoms with E-state index in [1.807, 2.05) is 42.8 Å². The number of piperazine rings is 1. The Morgan fingerprint density at radius 1 is 1.25 bits per heavy atom. The summed E-state index contributed by atoms with van der Waals surface area (Å²) < 4.78 is 1.77. The molecule has 3 heterocycles. The number of pyridine rings is 1. The molecular formula is C17H24N6O. The molecule has 1 fully saturated rings. The number of nitrogens with one attached hydrogen (secondary N) is 1. The largest absolute Gasteiger partial charge is 0.367 e. The van der Waals surface area contributed by atoms with Crippen LogP contribution in [0.5, 0.6) is 0 Å². The summed E-state index contributed by atoms with van der Waals surface area (Å²) in [4.78, 5) is 20.6. The van der Waals surface area contributed by atoms with E-state index in [-0.39, 0.29) is 6.03 Å². The predicted molar refractivity (Wildman–Crippen MR) is 93.1 cm³/mol. The first-order valence-corrected chi connectivity index (χ1v) is 8.29. The number of rotatable bonds is 4. The van der Waals surface area contributed by atoms with Gasteiger partial charge < -0.3 is 15.1 Å². The van der Waals surface area contributed by atoms with Crippen LogP contribution in [0.15, 0.2) is 30.9 Å². The van der Waals surface area contributed by atoms with Gasteiger partial charge in [0.25, 0.3) is 0 Å². The van der Waals surface area contributed by atoms with Crippen LogP contribution in [0, 0.1) is 6.92 Å². The van der Waals surface area contributed by atoms with Gasteiger partial charge in [-0.3, -0.25) is 9.67 Å². The molecule has 0 saturated carbocycles. The van der Waals surface area contributed by atoms with Crippen LogP contribution in [0.3, 0.4) is 0 Å². The monoisotopic (exact) mass is 328 g/mol. The molecule has 7 heteroatoms. The van der Waals surface area contributed by atoms with Crippen LogP contribution < -0.4 is 10.2 Å². The van der Waals surface area contributed by atoms with Gasteiger partial charge in [-0.15, -0.1) is 0 Å². The van der Waals surface area contributed by atoms with Crippen molar-refractivity contribution in [2.24, 2.45) is 7.05 Å². The van der Waals surface area contributed by atoms with Gasteiger partial charge in [-0.1, -0.05) is 0 Å². The second kappa shape index (κ2) is 7.33. The third-order valence-corrected chi connectivity index (χ3v) is 4.37. The van der Waals surface area contributed by atoms with Gasteiger partial charge in [-0.2, -0.15) is 5.10 Å². The fourth-order valence-corrected chi connectivity index (χ4v) is 2.96. The number of hydrogen-bond donors (Lipinski definition) is 1. The van der Waals surface area contributed by atoms with Crippen molar-refractivity contribution in [2.75, 3.05) is 37.6 Å². The maximum Gasteiger partial charge on any atom is 0.317 e. The van der Waals surface area contributed by atoms with Gasteiger partial charge in [0.1, 0.15) is 0 Å². The van der Waals surface area contributed by atoms with Crippen LogP contribution in [0.25, 0.3) is 0 Å². The summed E-state index contributed by atoms with van der Waals surface area (Å²) >= 11 is 0. The number of amides is 2. The Labute approximate surface area is 142 Å². The fourth-order valence-electron chi connectivity index (χ4n) is 2.96. The smallest absolute Gasteiger partial charge is 0.317 e. The average Bonchev–Trinajstić information content (AvgIpc) is 3.01. The lowest BCUT2D eigenvalue weighted by molar-refractivity contribution is 0.194. The topological polar surface area (TPSA) is 66.3 Å². The number of carbonyl (C=O) groups is 1. The van der Waals surface area contributed by atoms with Crippen molar-refractivity contribution in [3.63, 3.8) is 0 Å². The lowest BCUT2D eigenvalue weighted by Gasteiger charge is -2.36. The third-order valence-electron chi connectivity index (χ3n) is 4.37. The molecule has 2 aromatic rings. The van der Waals surface area contributed by atoms with E-state index in [0.29, 0.717) is 6.54 Å². The Hall–Kier alpha value is -2.57. The second-order valence-corrected chi connectivity index (χ2v) is 6.14. The minimum atomic E-state index is 0.0152. The summed E-state index contributed by atoms with van der Waals surface area (Å²) in [7, 11) is 1.89.